The van der Waals surface area contributed by atoms with Gasteiger partial charge in [-0.2, -0.15) is 0 Å². The Hall–Kier alpha value is -1.42. The number of hydrogen-bond acceptors (Lipinski definition) is 2. The first-order chi connectivity index (χ1) is 14.6. The molecule has 162 valence electrons. The molecule has 0 fully saturated rings. The van der Waals surface area contributed by atoms with Gasteiger partial charge < -0.3 is 5.11 Å². The minimum absolute atomic E-state index is 0.109. The molecule has 30 heavy (non-hydrogen) atoms. The van der Waals surface area contributed by atoms with E-state index >= 15 is 0 Å². The maximum atomic E-state index is 11.3. The average Bonchev–Trinajstić information content (AvgIpc) is 2.77. The van der Waals surface area contributed by atoms with Crippen molar-refractivity contribution in [1.82, 2.24) is 4.90 Å². The van der Waals surface area contributed by atoms with Gasteiger partial charge in [-0.1, -0.05) is 91.9 Å². The molecule has 0 heterocycles. The fraction of sp³-hybridized carbons (Fsp3) is 0.481. The van der Waals surface area contributed by atoms with Crippen LogP contribution in [0.1, 0.15) is 71.0 Å². The second-order valence-corrected chi connectivity index (χ2v) is 9.37. The third-order valence-corrected chi connectivity index (χ3v) is 6.96. The summed E-state index contributed by atoms with van der Waals surface area (Å²) in [4.78, 5) is 2.50. The average molecular weight is 470 g/mol. The molecule has 2 nitrogen and oxygen atoms in total. The van der Waals surface area contributed by atoms with Crippen LogP contribution in [-0.4, -0.2) is 29.1 Å². The van der Waals surface area contributed by atoms with Crippen LogP contribution in [0.3, 0.4) is 0 Å². The minimum Gasteiger partial charge on any atom is -0.387 e. The van der Waals surface area contributed by atoms with Crippen molar-refractivity contribution in [2.24, 2.45) is 0 Å². The van der Waals surface area contributed by atoms with E-state index in [4.69, 9.17) is 0 Å². The molecule has 2 unspecified atom stereocenters. The molecule has 3 aromatic carbocycles. The quantitative estimate of drug-likeness (QED) is 0.228. The van der Waals surface area contributed by atoms with E-state index in [-0.39, 0.29) is 6.04 Å². The zero-order chi connectivity index (χ0) is 21.5. The van der Waals surface area contributed by atoms with E-state index in [1.165, 1.54) is 60.1 Å². The Morgan fingerprint density at radius 2 is 1.47 bits per heavy atom. The molecule has 0 aliphatic rings. The van der Waals surface area contributed by atoms with Crippen molar-refractivity contribution in [3.63, 3.8) is 0 Å². The normalized spacial score (nSPS) is 13.9. The molecule has 0 bridgehead atoms. The molecule has 0 amide bonds. The highest BCUT2D eigenvalue weighted by Crippen LogP contribution is 2.34. The molecule has 0 saturated heterocycles. The predicted octanol–water partition coefficient (Wildman–Crippen LogP) is 7.86. The van der Waals surface area contributed by atoms with Crippen molar-refractivity contribution in [3.8, 4) is 0 Å². The van der Waals surface area contributed by atoms with E-state index in [0.717, 1.165) is 23.1 Å². The van der Waals surface area contributed by atoms with Gasteiger partial charge in [-0.15, -0.1) is 0 Å². The second kappa shape index (κ2) is 11.3. The van der Waals surface area contributed by atoms with Gasteiger partial charge in [-0.3, -0.25) is 4.90 Å². The van der Waals surface area contributed by atoms with Crippen LogP contribution in [0.4, 0.5) is 0 Å². The van der Waals surface area contributed by atoms with Crippen molar-refractivity contribution in [2.75, 3.05) is 13.1 Å². The largest absolute Gasteiger partial charge is 0.387 e. The van der Waals surface area contributed by atoms with Crippen molar-refractivity contribution in [2.45, 2.75) is 71.4 Å². The van der Waals surface area contributed by atoms with E-state index < -0.39 is 6.10 Å². The zero-order valence-electron chi connectivity index (χ0n) is 18.7. The fourth-order valence-electron chi connectivity index (χ4n) is 4.38. The third-order valence-electron chi connectivity index (χ3n) is 6.31. The lowest BCUT2D eigenvalue weighted by Gasteiger charge is -2.33. The summed E-state index contributed by atoms with van der Waals surface area (Å²) in [6.07, 6.45) is 6.89. The van der Waals surface area contributed by atoms with E-state index in [1.807, 2.05) is 0 Å². The molecule has 0 radical (unpaired) electrons. The topological polar surface area (TPSA) is 23.5 Å². The lowest BCUT2D eigenvalue weighted by molar-refractivity contribution is 0.0556. The Kier molecular flexibility index (Phi) is 8.73. The third kappa shape index (κ3) is 5.43. The first kappa shape index (κ1) is 23.2. The molecule has 0 aliphatic carbocycles. The van der Waals surface area contributed by atoms with E-state index in [1.54, 1.807) is 0 Å². The van der Waals surface area contributed by atoms with Gasteiger partial charge >= 0.3 is 0 Å². The maximum Gasteiger partial charge on any atom is 0.0942 e. The molecular weight excluding hydrogens is 434 g/mol. The Morgan fingerprint density at radius 3 is 2.10 bits per heavy atom. The summed E-state index contributed by atoms with van der Waals surface area (Å²) in [5.41, 5.74) is 1.01. The summed E-state index contributed by atoms with van der Waals surface area (Å²) in [7, 11) is 0. The van der Waals surface area contributed by atoms with Gasteiger partial charge in [0.15, 0.2) is 0 Å². The van der Waals surface area contributed by atoms with Gasteiger partial charge in [0, 0.05) is 10.5 Å². The molecule has 3 aromatic rings. The lowest BCUT2D eigenvalue weighted by atomic mass is 9.95. The van der Waals surface area contributed by atoms with Crippen LogP contribution in [0.25, 0.3) is 21.5 Å². The molecule has 0 aliphatic heterocycles. The van der Waals surface area contributed by atoms with E-state index in [2.05, 4.69) is 90.1 Å². The first-order valence-electron chi connectivity index (χ1n) is 11.6. The second-order valence-electron chi connectivity index (χ2n) is 8.52. The molecule has 0 saturated carbocycles. The number of rotatable bonds is 11. The maximum absolute atomic E-state index is 11.3. The number of halogens is 1. The van der Waals surface area contributed by atoms with Crippen LogP contribution >= 0.6 is 15.9 Å². The number of unbranched alkanes of at least 4 members (excludes halogenated alkanes) is 4. The lowest BCUT2D eigenvalue weighted by Crippen LogP contribution is -2.39. The van der Waals surface area contributed by atoms with Crippen LogP contribution in [0, 0.1) is 0 Å². The number of aliphatic hydroxyl groups is 1. The molecule has 3 rings (SSSR count). The number of aliphatic hydroxyl groups excluding tert-OH is 1. The molecule has 0 spiro atoms. The molecule has 0 aromatic heterocycles. The number of nitrogens with zero attached hydrogens (tertiary/aromatic N) is 1. The SMILES string of the molecule is CCCCCN(CCCCC)C(C)C(O)c1ccc2cc(Br)c3ccccc3c2c1. The highest BCUT2D eigenvalue weighted by molar-refractivity contribution is 9.10. The summed E-state index contributed by atoms with van der Waals surface area (Å²) in [5, 5.41) is 16.2. The molecule has 2 atom stereocenters. The van der Waals surface area contributed by atoms with Crippen LogP contribution in [-0.2, 0) is 0 Å². The number of benzene rings is 3. The molecule has 3 heteroatoms. The summed E-state index contributed by atoms with van der Waals surface area (Å²) in [6.45, 7) is 8.82. The minimum atomic E-state index is -0.486. The van der Waals surface area contributed by atoms with Gasteiger partial charge in [0.1, 0.15) is 0 Å². The standard InChI is InChI=1S/C27H36BrNO/c1-4-6-10-16-29(17-11-7-5-2)20(3)27(30)22-15-14-21-19-26(28)24-13-9-8-12-23(24)25(21)18-22/h8-9,12-15,18-20,27,30H,4-7,10-11,16-17H2,1-3H3. The summed E-state index contributed by atoms with van der Waals surface area (Å²) >= 11 is 3.71. The highest BCUT2D eigenvalue weighted by atomic mass is 79.9. The van der Waals surface area contributed by atoms with Crippen molar-refractivity contribution in [3.05, 3.63) is 58.6 Å². The van der Waals surface area contributed by atoms with E-state index in [0.29, 0.717) is 0 Å². The number of hydrogen-bond donors (Lipinski definition) is 1. The van der Waals surface area contributed by atoms with Gasteiger partial charge in [0.2, 0.25) is 0 Å². The van der Waals surface area contributed by atoms with Crippen LogP contribution < -0.4 is 0 Å². The molecule has 1 N–H and O–H groups in total. The Morgan fingerprint density at radius 1 is 0.833 bits per heavy atom. The predicted molar refractivity (Wildman–Crippen MR) is 134 cm³/mol. The monoisotopic (exact) mass is 469 g/mol. The van der Waals surface area contributed by atoms with Gasteiger partial charge in [-0.25, -0.2) is 0 Å². The highest BCUT2D eigenvalue weighted by Gasteiger charge is 2.23. The van der Waals surface area contributed by atoms with Gasteiger partial charge in [0.25, 0.3) is 0 Å². The van der Waals surface area contributed by atoms with Gasteiger partial charge in [0.05, 0.1) is 6.10 Å². The Balaban J connectivity index is 1.88. The summed E-state index contributed by atoms with van der Waals surface area (Å²) < 4.78 is 1.12. The van der Waals surface area contributed by atoms with Crippen LogP contribution in [0.2, 0.25) is 0 Å². The first-order valence-corrected chi connectivity index (χ1v) is 12.4. The van der Waals surface area contributed by atoms with Crippen molar-refractivity contribution < 1.29 is 5.11 Å². The Labute approximate surface area is 190 Å². The Bertz CT molecular complexity index is 944. The van der Waals surface area contributed by atoms with Crippen LogP contribution in [0.15, 0.2) is 53.0 Å². The van der Waals surface area contributed by atoms with E-state index in [9.17, 15) is 5.11 Å². The van der Waals surface area contributed by atoms with Crippen molar-refractivity contribution >= 4 is 37.5 Å². The number of fused-ring (bicyclic) bond motifs is 3. The smallest absolute Gasteiger partial charge is 0.0942 e. The van der Waals surface area contributed by atoms with Crippen LogP contribution in [0.5, 0.6) is 0 Å². The summed E-state index contributed by atoms with van der Waals surface area (Å²) in [5.74, 6) is 0. The molecular formula is C27H36BrNO. The zero-order valence-corrected chi connectivity index (χ0v) is 20.3. The van der Waals surface area contributed by atoms with Gasteiger partial charge in [-0.05, 0) is 72.1 Å². The summed E-state index contributed by atoms with van der Waals surface area (Å²) in [6, 6.07) is 17.2. The fourth-order valence-corrected chi connectivity index (χ4v) is 4.98. The van der Waals surface area contributed by atoms with Crippen molar-refractivity contribution in [1.29, 1.82) is 0 Å².